The van der Waals surface area contributed by atoms with Gasteiger partial charge >= 0.3 is 6.03 Å². The topological polar surface area (TPSA) is 94.1 Å². The Morgan fingerprint density at radius 1 is 1.41 bits per heavy atom. The van der Waals surface area contributed by atoms with Crippen LogP contribution < -0.4 is 5.32 Å². The summed E-state index contributed by atoms with van der Waals surface area (Å²) in [7, 11) is 0. The van der Waals surface area contributed by atoms with E-state index in [2.05, 4.69) is 20.5 Å². The average Bonchev–Trinajstić information content (AvgIpc) is 3.17. The predicted molar refractivity (Wildman–Crippen MR) is 103 cm³/mol. The van der Waals surface area contributed by atoms with Crippen LogP contribution in [-0.2, 0) is 6.42 Å². The van der Waals surface area contributed by atoms with Crippen molar-refractivity contribution in [2.45, 2.75) is 51.0 Å². The lowest BCUT2D eigenvalue weighted by atomic mass is 9.71. The summed E-state index contributed by atoms with van der Waals surface area (Å²) in [6.07, 6.45) is 5.56. The number of likely N-dealkylation sites (tertiary alicyclic amines) is 1. The zero-order valence-corrected chi connectivity index (χ0v) is 15.7. The highest BCUT2D eigenvalue weighted by molar-refractivity contribution is 5.90. The van der Waals surface area contributed by atoms with Gasteiger partial charge in [-0.3, -0.25) is 5.10 Å². The molecule has 4 rings (SSSR count). The van der Waals surface area contributed by atoms with Crippen LogP contribution in [-0.4, -0.2) is 49.9 Å². The number of anilines is 1. The molecular weight excluding hydrogens is 342 g/mol. The van der Waals surface area contributed by atoms with Crippen LogP contribution >= 0.6 is 0 Å². The van der Waals surface area contributed by atoms with Crippen LogP contribution in [0.25, 0.3) is 11.4 Å². The number of rotatable bonds is 3. The number of benzene rings is 1. The number of hydrogen-bond acceptors (Lipinski definition) is 4. The van der Waals surface area contributed by atoms with Gasteiger partial charge in [0, 0.05) is 36.7 Å². The van der Waals surface area contributed by atoms with Crippen LogP contribution in [0.15, 0.2) is 24.3 Å². The van der Waals surface area contributed by atoms with Gasteiger partial charge in [-0.1, -0.05) is 31.9 Å². The number of hydrogen-bond donors (Lipinski definition) is 3. The van der Waals surface area contributed by atoms with Crippen LogP contribution in [0.2, 0.25) is 0 Å². The Bertz CT molecular complexity index is 820. The number of aromatic nitrogens is 3. The van der Waals surface area contributed by atoms with E-state index in [0.29, 0.717) is 25.3 Å². The molecule has 0 spiro atoms. The molecule has 7 heteroatoms. The molecule has 1 saturated heterocycles. The highest BCUT2D eigenvalue weighted by Gasteiger charge is 2.43. The molecule has 2 amide bonds. The van der Waals surface area contributed by atoms with E-state index in [9.17, 15) is 9.90 Å². The van der Waals surface area contributed by atoms with Crippen molar-refractivity contribution in [1.82, 2.24) is 20.1 Å². The molecule has 1 aromatic carbocycles. The van der Waals surface area contributed by atoms with Gasteiger partial charge in [-0.25, -0.2) is 9.78 Å². The summed E-state index contributed by atoms with van der Waals surface area (Å²) in [4.78, 5) is 19.0. The monoisotopic (exact) mass is 369 g/mol. The molecule has 1 saturated carbocycles. The Morgan fingerprint density at radius 2 is 2.30 bits per heavy atom. The van der Waals surface area contributed by atoms with Gasteiger partial charge in [0.1, 0.15) is 5.82 Å². The number of carbonyl (C=O) groups excluding carboxylic acids is 1. The fraction of sp³-hybridized carbons (Fsp3) is 0.550. The van der Waals surface area contributed by atoms with Crippen molar-refractivity contribution < 1.29 is 9.90 Å². The number of urea groups is 1. The summed E-state index contributed by atoms with van der Waals surface area (Å²) in [6.45, 7) is 3.25. The molecule has 1 aromatic heterocycles. The third-order valence-electron chi connectivity index (χ3n) is 5.95. The molecular formula is C20H27N5O2. The number of carbonyl (C=O) groups is 1. The quantitative estimate of drug-likeness (QED) is 0.774. The number of aryl methyl sites for hydroxylation is 1. The first-order valence-electron chi connectivity index (χ1n) is 9.87. The number of amides is 2. The van der Waals surface area contributed by atoms with Gasteiger partial charge in [0.05, 0.1) is 5.60 Å². The SMILES string of the molecule is CCc1nc(-c2cccc(NC(=O)N3CC[C@@]4(O)CCCC[C@H]4C3)c2)n[nH]1. The maximum Gasteiger partial charge on any atom is 0.321 e. The van der Waals surface area contributed by atoms with Gasteiger partial charge in [-0.05, 0) is 31.4 Å². The second kappa shape index (κ2) is 7.31. The van der Waals surface area contributed by atoms with Gasteiger partial charge in [0.25, 0.3) is 0 Å². The lowest BCUT2D eigenvalue weighted by molar-refractivity contribution is -0.0863. The van der Waals surface area contributed by atoms with Crippen molar-refractivity contribution >= 4 is 11.7 Å². The van der Waals surface area contributed by atoms with Gasteiger partial charge in [0.15, 0.2) is 5.82 Å². The molecule has 0 unspecified atom stereocenters. The van der Waals surface area contributed by atoms with Crippen LogP contribution in [0.3, 0.4) is 0 Å². The standard InChI is InChI=1S/C20H27N5O2/c1-2-17-22-18(24-23-17)14-6-5-8-16(12-14)21-19(26)25-11-10-20(27)9-4-3-7-15(20)13-25/h5-6,8,12,15,27H,2-4,7,9-11,13H2,1H3,(H,21,26)(H,22,23,24)/t15-,20-/m0/s1. The van der Waals surface area contributed by atoms with E-state index in [1.54, 1.807) is 0 Å². The first-order valence-corrected chi connectivity index (χ1v) is 9.87. The van der Waals surface area contributed by atoms with Crippen LogP contribution in [0.4, 0.5) is 10.5 Å². The summed E-state index contributed by atoms with van der Waals surface area (Å²) in [5, 5.41) is 20.9. The first kappa shape index (κ1) is 18.0. The van der Waals surface area contributed by atoms with E-state index in [-0.39, 0.29) is 11.9 Å². The van der Waals surface area contributed by atoms with E-state index in [1.165, 1.54) is 0 Å². The molecule has 27 heavy (non-hydrogen) atoms. The summed E-state index contributed by atoms with van der Waals surface area (Å²) < 4.78 is 0. The molecule has 2 heterocycles. The minimum Gasteiger partial charge on any atom is -0.389 e. The largest absolute Gasteiger partial charge is 0.389 e. The van der Waals surface area contributed by atoms with Gasteiger partial charge in [-0.15, -0.1) is 0 Å². The Balaban J connectivity index is 1.43. The fourth-order valence-corrected chi connectivity index (χ4v) is 4.28. The number of piperidine rings is 1. The molecule has 2 aliphatic rings. The number of aliphatic hydroxyl groups is 1. The van der Waals surface area contributed by atoms with E-state index >= 15 is 0 Å². The molecule has 144 valence electrons. The second-order valence-electron chi connectivity index (χ2n) is 7.71. The number of fused-ring (bicyclic) bond motifs is 1. The van der Waals surface area contributed by atoms with E-state index in [1.807, 2.05) is 36.1 Å². The lowest BCUT2D eigenvalue weighted by Gasteiger charge is -2.47. The minimum atomic E-state index is -0.572. The molecule has 1 aliphatic heterocycles. The molecule has 2 atom stereocenters. The number of nitrogens with one attached hydrogen (secondary N) is 2. The Hall–Kier alpha value is -2.41. The van der Waals surface area contributed by atoms with Crippen molar-refractivity contribution in [2.24, 2.45) is 5.92 Å². The van der Waals surface area contributed by atoms with E-state index in [0.717, 1.165) is 49.2 Å². The lowest BCUT2D eigenvalue weighted by Crippen LogP contribution is -2.55. The molecule has 3 N–H and O–H groups in total. The third-order valence-corrected chi connectivity index (χ3v) is 5.95. The number of aromatic amines is 1. The third kappa shape index (κ3) is 3.69. The van der Waals surface area contributed by atoms with Crippen molar-refractivity contribution in [3.63, 3.8) is 0 Å². The van der Waals surface area contributed by atoms with Crippen LogP contribution in [0.5, 0.6) is 0 Å². The molecule has 1 aliphatic carbocycles. The van der Waals surface area contributed by atoms with E-state index < -0.39 is 5.60 Å². The summed E-state index contributed by atoms with van der Waals surface area (Å²) in [5.41, 5.74) is 1.02. The molecule has 2 fully saturated rings. The summed E-state index contributed by atoms with van der Waals surface area (Å²) in [5.74, 6) is 1.67. The number of nitrogens with zero attached hydrogens (tertiary/aromatic N) is 3. The summed E-state index contributed by atoms with van der Waals surface area (Å²) >= 11 is 0. The number of H-pyrrole nitrogens is 1. The summed E-state index contributed by atoms with van der Waals surface area (Å²) in [6, 6.07) is 7.48. The second-order valence-corrected chi connectivity index (χ2v) is 7.71. The van der Waals surface area contributed by atoms with Crippen molar-refractivity contribution in [3.8, 4) is 11.4 Å². The first-order chi connectivity index (χ1) is 13.1. The van der Waals surface area contributed by atoms with Crippen molar-refractivity contribution in [3.05, 3.63) is 30.1 Å². The maximum atomic E-state index is 12.7. The Labute approximate surface area is 159 Å². The van der Waals surface area contributed by atoms with E-state index in [4.69, 9.17) is 0 Å². The fourth-order valence-electron chi connectivity index (χ4n) is 4.28. The molecule has 2 aromatic rings. The Morgan fingerprint density at radius 3 is 3.11 bits per heavy atom. The van der Waals surface area contributed by atoms with Crippen molar-refractivity contribution in [2.75, 3.05) is 18.4 Å². The minimum absolute atomic E-state index is 0.107. The average molecular weight is 369 g/mol. The smallest absolute Gasteiger partial charge is 0.321 e. The zero-order valence-electron chi connectivity index (χ0n) is 15.7. The highest BCUT2D eigenvalue weighted by atomic mass is 16.3. The molecule has 0 bridgehead atoms. The van der Waals surface area contributed by atoms with Gasteiger partial charge < -0.3 is 15.3 Å². The maximum absolute atomic E-state index is 12.7. The van der Waals surface area contributed by atoms with Crippen LogP contribution in [0.1, 0.15) is 44.9 Å². The molecule has 0 radical (unpaired) electrons. The normalized spacial score (nSPS) is 25.1. The highest BCUT2D eigenvalue weighted by Crippen LogP contribution is 2.39. The van der Waals surface area contributed by atoms with Crippen LogP contribution in [0, 0.1) is 5.92 Å². The predicted octanol–water partition coefficient (Wildman–Crippen LogP) is 3.19. The van der Waals surface area contributed by atoms with Crippen molar-refractivity contribution in [1.29, 1.82) is 0 Å². The Kier molecular flexibility index (Phi) is 4.86. The van der Waals surface area contributed by atoms with Gasteiger partial charge in [-0.2, -0.15) is 5.10 Å². The zero-order chi connectivity index (χ0) is 18.9. The van der Waals surface area contributed by atoms with Gasteiger partial charge in [0.2, 0.25) is 0 Å². The molecule has 7 nitrogen and oxygen atoms in total.